The Morgan fingerprint density at radius 3 is 2.67 bits per heavy atom. The van der Waals surface area contributed by atoms with Gasteiger partial charge in [0.15, 0.2) is 11.5 Å². The SMILES string of the molecule is COc1cc2sc(C(C)(C)NC(=O)Nc3ccc4c(n3)CN(C3CCC(=O)NC3=O)C4=O)nc2c(OC)c1F. The van der Waals surface area contributed by atoms with E-state index in [0.717, 1.165) is 0 Å². The minimum atomic E-state index is -0.961. The van der Waals surface area contributed by atoms with E-state index in [1.165, 1.54) is 42.6 Å². The molecule has 4 heterocycles. The highest BCUT2D eigenvalue weighted by atomic mass is 32.1. The number of pyridine rings is 1. The number of urea groups is 1. The molecule has 0 radical (unpaired) electrons. The fourth-order valence-corrected chi connectivity index (χ4v) is 5.64. The lowest BCUT2D eigenvalue weighted by Crippen LogP contribution is -2.52. The van der Waals surface area contributed by atoms with Crippen LogP contribution in [-0.2, 0) is 21.7 Å². The molecule has 3 N–H and O–H groups in total. The van der Waals surface area contributed by atoms with Gasteiger partial charge in [-0.15, -0.1) is 11.3 Å². The minimum absolute atomic E-state index is 0.0235. The maximum atomic E-state index is 14.6. The van der Waals surface area contributed by atoms with Crippen molar-refractivity contribution in [3.63, 3.8) is 0 Å². The number of carbonyl (C=O) groups is 4. The van der Waals surface area contributed by atoms with Crippen LogP contribution >= 0.6 is 11.3 Å². The Morgan fingerprint density at radius 2 is 1.97 bits per heavy atom. The van der Waals surface area contributed by atoms with Crippen molar-refractivity contribution in [1.82, 2.24) is 25.5 Å². The number of nitrogens with one attached hydrogen (secondary N) is 3. The molecule has 1 aromatic carbocycles. The number of benzene rings is 1. The van der Waals surface area contributed by atoms with Crippen molar-refractivity contribution < 1.29 is 33.0 Å². The van der Waals surface area contributed by atoms with Gasteiger partial charge in [0.25, 0.3) is 5.91 Å². The molecule has 1 atom stereocenters. The summed E-state index contributed by atoms with van der Waals surface area (Å²) in [6.45, 7) is 3.57. The quantitative estimate of drug-likeness (QED) is 0.392. The largest absolute Gasteiger partial charge is 0.493 e. The molecular weight excluding hydrogens is 531 g/mol. The van der Waals surface area contributed by atoms with Crippen molar-refractivity contribution in [3.8, 4) is 11.5 Å². The topological polar surface area (TPSA) is 152 Å². The molecule has 0 aliphatic carbocycles. The van der Waals surface area contributed by atoms with E-state index >= 15 is 0 Å². The number of hydrogen-bond acceptors (Lipinski definition) is 9. The fraction of sp³-hybridized carbons (Fsp3) is 0.360. The first-order chi connectivity index (χ1) is 18.5. The van der Waals surface area contributed by atoms with Gasteiger partial charge in [-0.25, -0.2) is 14.8 Å². The van der Waals surface area contributed by atoms with Crippen molar-refractivity contribution in [2.75, 3.05) is 19.5 Å². The van der Waals surface area contributed by atoms with Crippen molar-refractivity contribution in [3.05, 3.63) is 40.3 Å². The first-order valence-electron chi connectivity index (χ1n) is 12.0. The summed E-state index contributed by atoms with van der Waals surface area (Å²) < 4.78 is 25.5. The Bertz CT molecular complexity index is 1540. The summed E-state index contributed by atoms with van der Waals surface area (Å²) in [5.41, 5.74) is 0.0993. The molecule has 39 heavy (non-hydrogen) atoms. The molecule has 204 valence electrons. The summed E-state index contributed by atoms with van der Waals surface area (Å²) in [4.78, 5) is 59.7. The number of carbonyl (C=O) groups excluding carboxylic acids is 4. The number of imide groups is 1. The number of fused-ring (bicyclic) bond motifs is 2. The number of aromatic nitrogens is 2. The van der Waals surface area contributed by atoms with Crippen molar-refractivity contribution in [2.45, 2.75) is 44.8 Å². The highest BCUT2D eigenvalue weighted by molar-refractivity contribution is 7.18. The Kier molecular flexibility index (Phi) is 6.58. The summed E-state index contributed by atoms with van der Waals surface area (Å²) in [6.07, 6.45) is 0.390. The van der Waals surface area contributed by atoms with Crippen LogP contribution in [0, 0.1) is 5.82 Å². The smallest absolute Gasteiger partial charge is 0.321 e. The molecule has 2 aromatic heterocycles. The number of halogens is 1. The van der Waals surface area contributed by atoms with Crippen LogP contribution in [0.25, 0.3) is 10.2 Å². The maximum absolute atomic E-state index is 14.6. The molecule has 1 unspecified atom stereocenters. The van der Waals surface area contributed by atoms with Crippen LogP contribution < -0.4 is 25.4 Å². The number of ether oxygens (including phenoxy) is 2. The molecule has 0 saturated carbocycles. The number of thiazole rings is 1. The lowest BCUT2D eigenvalue weighted by molar-refractivity contribution is -0.136. The van der Waals surface area contributed by atoms with Gasteiger partial charge in [-0.2, -0.15) is 4.39 Å². The van der Waals surface area contributed by atoms with Crippen LogP contribution in [0.1, 0.15) is 47.7 Å². The molecule has 12 nitrogen and oxygen atoms in total. The molecule has 2 aliphatic rings. The molecule has 3 aromatic rings. The zero-order valence-electron chi connectivity index (χ0n) is 21.5. The average Bonchev–Trinajstić information content (AvgIpc) is 3.45. The van der Waals surface area contributed by atoms with Gasteiger partial charge in [0.05, 0.1) is 42.3 Å². The number of amides is 5. The van der Waals surface area contributed by atoms with Crippen molar-refractivity contribution >= 4 is 51.1 Å². The number of nitrogens with zero attached hydrogens (tertiary/aromatic N) is 3. The lowest BCUT2D eigenvalue weighted by atomic mass is 10.0. The van der Waals surface area contributed by atoms with Gasteiger partial charge >= 0.3 is 6.03 Å². The predicted molar refractivity (Wildman–Crippen MR) is 138 cm³/mol. The molecule has 5 rings (SSSR count). The summed E-state index contributed by atoms with van der Waals surface area (Å²) >= 11 is 1.26. The summed E-state index contributed by atoms with van der Waals surface area (Å²) in [7, 11) is 2.70. The van der Waals surface area contributed by atoms with E-state index in [2.05, 4.69) is 25.9 Å². The number of methoxy groups -OCH3 is 2. The van der Waals surface area contributed by atoms with E-state index in [4.69, 9.17) is 9.47 Å². The highest BCUT2D eigenvalue weighted by Gasteiger charge is 2.40. The zero-order valence-corrected chi connectivity index (χ0v) is 22.3. The number of anilines is 1. The van der Waals surface area contributed by atoms with Crippen LogP contribution in [-0.4, -0.2) is 58.9 Å². The molecular formula is C25H25FN6O6S. The van der Waals surface area contributed by atoms with E-state index in [-0.39, 0.29) is 48.5 Å². The number of hydrogen-bond donors (Lipinski definition) is 3. The van der Waals surface area contributed by atoms with Crippen molar-refractivity contribution in [2.24, 2.45) is 0 Å². The Hall–Kier alpha value is -4.33. The zero-order chi connectivity index (χ0) is 28.1. The number of piperidine rings is 1. The second-order valence-corrected chi connectivity index (χ2v) is 10.6. The third-order valence-corrected chi connectivity index (χ3v) is 7.87. The number of rotatable bonds is 6. The summed E-state index contributed by atoms with van der Waals surface area (Å²) in [5, 5.41) is 8.26. The molecule has 14 heteroatoms. The lowest BCUT2D eigenvalue weighted by Gasteiger charge is -2.29. The minimum Gasteiger partial charge on any atom is -0.493 e. The Morgan fingerprint density at radius 1 is 1.21 bits per heavy atom. The van der Waals surface area contributed by atoms with Gasteiger partial charge in [-0.05, 0) is 32.4 Å². The average molecular weight is 557 g/mol. The second-order valence-electron chi connectivity index (χ2n) is 9.59. The summed E-state index contributed by atoms with van der Waals surface area (Å²) in [5.74, 6) is -1.71. The van der Waals surface area contributed by atoms with E-state index in [1.54, 1.807) is 19.9 Å². The van der Waals surface area contributed by atoms with E-state index in [0.29, 0.717) is 26.5 Å². The van der Waals surface area contributed by atoms with Gasteiger partial charge in [0, 0.05) is 12.5 Å². The summed E-state index contributed by atoms with van der Waals surface area (Å²) in [6, 6.07) is 3.23. The molecule has 0 bridgehead atoms. The van der Waals surface area contributed by atoms with Gasteiger partial charge < -0.3 is 19.7 Å². The molecule has 5 amide bonds. The van der Waals surface area contributed by atoms with Crippen LogP contribution in [0.2, 0.25) is 0 Å². The van der Waals surface area contributed by atoms with Crippen LogP contribution in [0.4, 0.5) is 15.0 Å². The molecule has 1 fully saturated rings. The van der Waals surface area contributed by atoms with Gasteiger partial charge in [-0.1, -0.05) is 0 Å². The highest BCUT2D eigenvalue weighted by Crippen LogP contribution is 2.40. The van der Waals surface area contributed by atoms with Crippen LogP contribution in [0.3, 0.4) is 0 Å². The van der Waals surface area contributed by atoms with E-state index in [1.807, 2.05) is 0 Å². The Balaban J connectivity index is 1.30. The second kappa shape index (κ2) is 9.76. The molecule has 1 saturated heterocycles. The maximum Gasteiger partial charge on any atom is 0.321 e. The van der Waals surface area contributed by atoms with Crippen LogP contribution in [0.5, 0.6) is 11.5 Å². The fourth-order valence-electron chi connectivity index (χ4n) is 4.58. The van der Waals surface area contributed by atoms with Gasteiger partial charge in [0.1, 0.15) is 22.4 Å². The first kappa shape index (κ1) is 26.3. The predicted octanol–water partition coefficient (Wildman–Crippen LogP) is 2.67. The third-order valence-electron chi connectivity index (χ3n) is 6.54. The monoisotopic (exact) mass is 556 g/mol. The Labute approximate surface area is 225 Å². The van der Waals surface area contributed by atoms with Crippen molar-refractivity contribution in [1.29, 1.82) is 0 Å². The van der Waals surface area contributed by atoms with E-state index < -0.39 is 29.3 Å². The van der Waals surface area contributed by atoms with E-state index in [9.17, 15) is 23.6 Å². The molecule has 2 aliphatic heterocycles. The standard InChI is InChI=1S/C25H25FN6O6S/c1-25(2,23-30-19-15(39-23)9-14(37-3)18(26)20(19)38-4)31-24(36)28-16-7-5-11-12(27-16)10-32(22(11)35)13-6-8-17(33)29-21(13)34/h5,7,9,13H,6,8,10H2,1-4H3,(H,29,33,34)(H2,27,28,31,36). The first-order valence-corrected chi connectivity index (χ1v) is 12.8. The third kappa shape index (κ3) is 4.71. The van der Waals surface area contributed by atoms with Gasteiger partial charge in [0.2, 0.25) is 17.6 Å². The normalized spacial score (nSPS) is 17.2. The molecule has 0 spiro atoms. The van der Waals surface area contributed by atoms with Crippen LogP contribution in [0.15, 0.2) is 18.2 Å². The van der Waals surface area contributed by atoms with Gasteiger partial charge in [-0.3, -0.25) is 25.0 Å².